The largest absolute Gasteiger partial charge is 0.391 e. The summed E-state index contributed by atoms with van der Waals surface area (Å²) in [4.78, 5) is 0. The molecule has 1 heterocycles. The van der Waals surface area contributed by atoms with E-state index in [4.69, 9.17) is 0 Å². The van der Waals surface area contributed by atoms with Crippen molar-refractivity contribution in [2.75, 3.05) is 0 Å². The normalized spacial score (nSPS) is 14.5. The summed E-state index contributed by atoms with van der Waals surface area (Å²) in [5.74, 6) is 0.427. The summed E-state index contributed by atoms with van der Waals surface area (Å²) in [6.07, 6.45) is -0.360. The molecule has 0 bridgehead atoms. The van der Waals surface area contributed by atoms with E-state index in [1.165, 1.54) is 5.69 Å². The van der Waals surface area contributed by atoms with Gasteiger partial charge >= 0.3 is 0 Å². The number of nitrogens with zero attached hydrogens (tertiary/aromatic N) is 2. The minimum Gasteiger partial charge on any atom is -0.391 e. The lowest BCUT2D eigenvalue weighted by Crippen LogP contribution is -2.22. The van der Waals surface area contributed by atoms with Gasteiger partial charge in [0.05, 0.1) is 18.3 Å². The summed E-state index contributed by atoms with van der Waals surface area (Å²) in [5.41, 5.74) is 2.36. The highest BCUT2D eigenvalue weighted by molar-refractivity contribution is 5.20. The Morgan fingerprint density at radius 1 is 1.31 bits per heavy atom. The molecule has 0 spiro atoms. The van der Waals surface area contributed by atoms with Crippen LogP contribution in [-0.2, 0) is 12.0 Å². The fraction of sp³-hybridized carbons (Fsp3) is 0.769. The third-order valence-corrected chi connectivity index (χ3v) is 2.60. The van der Waals surface area contributed by atoms with Crippen molar-refractivity contribution in [2.24, 2.45) is 0 Å². The molecule has 1 rings (SSSR count). The first-order chi connectivity index (χ1) is 7.21. The predicted octanol–water partition coefficient (Wildman–Crippen LogP) is 2.68. The van der Waals surface area contributed by atoms with Crippen LogP contribution in [0.15, 0.2) is 6.07 Å². The number of rotatable bonds is 3. The molecule has 1 atom stereocenters. The van der Waals surface area contributed by atoms with Gasteiger partial charge in [-0.05, 0) is 18.9 Å². The van der Waals surface area contributed by atoms with Crippen LogP contribution in [0.4, 0.5) is 0 Å². The smallest absolute Gasteiger partial charge is 0.0708 e. The third-order valence-electron chi connectivity index (χ3n) is 2.60. The minimum absolute atomic E-state index is 0.0645. The van der Waals surface area contributed by atoms with Crippen molar-refractivity contribution < 1.29 is 5.11 Å². The van der Waals surface area contributed by atoms with Crippen LogP contribution < -0.4 is 0 Å². The van der Waals surface area contributed by atoms with Crippen LogP contribution in [0.25, 0.3) is 0 Å². The third kappa shape index (κ3) is 3.08. The highest BCUT2D eigenvalue weighted by atomic mass is 16.3. The first kappa shape index (κ1) is 13.2. The van der Waals surface area contributed by atoms with Crippen molar-refractivity contribution in [1.29, 1.82) is 0 Å². The van der Waals surface area contributed by atoms with Gasteiger partial charge in [-0.25, -0.2) is 0 Å². The van der Waals surface area contributed by atoms with Gasteiger partial charge in [0.25, 0.3) is 0 Å². The van der Waals surface area contributed by atoms with E-state index in [9.17, 15) is 5.11 Å². The number of hydrogen-bond donors (Lipinski definition) is 1. The molecule has 92 valence electrons. The summed E-state index contributed by atoms with van der Waals surface area (Å²) in [7, 11) is 0. The Morgan fingerprint density at radius 3 is 2.25 bits per heavy atom. The molecule has 1 unspecified atom stereocenters. The Morgan fingerprint density at radius 2 is 1.88 bits per heavy atom. The van der Waals surface area contributed by atoms with Crippen molar-refractivity contribution in [1.82, 2.24) is 9.78 Å². The summed E-state index contributed by atoms with van der Waals surface area (Å²) in [5, 5.41) is 14.1. The average molecular weight is 224 g/mol. The van der Waals surface area contributed by atoms with Crippen LogP contribution in [0.2, 0.25) is 0 Å². The highest BCUT2D eigenvalue weighted by Crippen LogP contribution is 2.25. The van der Waals surface area contributed by atoms with Crippen LogP contribution >= 0.6 is 0 Å². The lowest BCUT2D eigenvalue weighted by molar-refractivity contribution is 0.165. The molecular weight excluding hydrogens is 200 g/mol. The van der Waals surface area contributed by atoms with Gasteiger partial charge in [0.1, 0.15) is 0 Å². The molecule has 0 aliphatic rings. The topological polar surface area (TPSA) is 38.0 Å². The summed E-state index contributed by atoms with van der Waals surface area (Å²) in [6.45, 7) is 13.2. The summed E-state index contributed by atoms with van der Waals surface area (Å²) >= 11 is 0. The van der Waals surface area contributed by atoms with E-state index in [1.54, 1.807) is 6.92 Å². The molecule has 0 aliphatic heterocycles. The number of aliphatic hydroxyl groups excluding tert-OH is 1. The van der Waals surface area contributed by atoms with E-state index >= 15 is 0 Å². The summed E-state index contributed by atoms with van der Waals surface area (Å²) in [6, 6.07) is 2.16. The maximum absolute atomic E-state index is 9.48. The lowest BCUT2D eigenvalue weighted by atomic mass is 9.91. The standard InChI is InChI=1S/C13H24N2O/c1-9(2)11-7-12(13(4,5)6)15(14-11)8-10(3)16/h7,9-10,16H,8H2,1-6H3. The van der Waals surface area contributed by atoms with Crippen LogP contribution in [0.1, 0.15) is 58.8 Å². The first-order valence-electron chi connectivity index (χ1n) is 5.98. The second kappa shape index (κ2) is 4.58. The molecule has 16 heavy (non-hydrogen) atoms. The van der Waals surface area contributed by atoms with Gasteiger partial charge in [-0.15, -0.1) is 0 Å². The molecule has 0 aliphatic carbocycles. The highest BCUT2D eigenvalue weighted by Gasteiger charge is 2.22. The number of hydrogen-bond acceptors (Lipinski definition) is 2. The zero-order valence-corrected chi connectivity index (χ0v) is 11.3. The molecule has 0 amide bonds. The van der Waals surface area contributed by atoms with E-state index in [0.29, 0.717) is 12.5 Å². The van der Waals surface area contributed by atoms with Crippen molar-refractivity contribution in [2.45, 2.75) is 65.5 Å². The Bertz CT molecular complexity index is 345. The van der Waals surface area contributed by atoms with E-state index in [1.807, 2.05) is 4.68 Å². The van der Waals surface area contributed by atoms with Gasteiger partial charge in [0, 0.05) is 11.1 Å². The van der Waals surface area contributed by atoms with Crippen molar-refractivity contribution >= 4 is 0 Å². The molecule has 3 heteroatoms. The Hall–Kier alpha value is -0.830. The Balaban J connectivity index is 3.13. The quantitative estimate of drug-likeness (QED) is 0.857. The van der Waals surface area contributed by atoms with Crippen LogP contribution in [0, 0.1) is 0 Å². The van der Waals surface area contributed by atoms with Gasteiger partial charge in [0.15, 0.2) is 0 Å². The Kier molecular flexibility index (Phi) is 3.79. The SMILES string of the molecule is CC(O)Cn1nc(C(C)C)cc1C(C)(C)C. The molecule has 1 aromatic rings. The second-order valence-corrected chi connectivity index (χ2v) is 5.89. The second-order valence-electron chi connectivity index (χ2n) is 5.89. The van der Waals surface area contributed by atoms with Crippen LogP contribution in [-0.4, -0.2) is 21.0 Å². The van der Waals surface area contributed by atoms with Crippen molar-refractivity contribution in [3.63, 3.8) is 0 Å². The predicted molar refractivity (Wildman–Crippen MR) is 66.7 cm³/mol. The van der Waals surface area contributed by atoms with Crippen molar-refractivity contribution in [3.8, 4) is 0 Å². The van der Waals surface area contributed by atoms with Crippen LogP contribution in [0.3, 0.4) is 0 Å². The minimum atomic E-state index is -0.360. The van der Waals surface area contributed by atoms with E-state index < -0.39 is 0 Å². The molecule has 0 aromatic carbocycles. The molecule has 1 N–H and O–H groups in total. The molecule has 0 saturated heterocycles. The number of aliphatic hydroxyl groups is 1. The van der Waals surface area contributed by atoms with E-state index in [-0.39, 0.29) is 11.5 Å². The zero-order valence-electron chi connectivity index (χ0n) is 11.3. The van der Waals surface area contributed by atoms with Gasteiger partial charge in [-0.3, -0.25) is 4.68 Å². The molecule has 0 radical (unpaired) electrons. The molecule has 0 fully saturated rings. The molecule has 0 saturated carbocycles. The first-order valence-corrected chi connectivity index (χ1v) is 5.98. The fourth-order valence-electron chi connectivity index (χ4n) is 1.71. The maximum atomic E-state index is 9.48. The molecule has 3 nitrogen and oxygen atoms in total. The average Bonchev–Trinajstić information content (AvgIpc) is 2.45. The lowest BCUT2D eigenvalue weighted by Gasteiger charge is -2.20. The summed E-state index contributed by atoms with van der Waals surface area (Å²) < 4.78 is 1.94. The van der Waals surface area contributed by atoms with Gasteiger partial charge < -0.3 is 5.11 Å². The molecule has 1 aromatic heterocycles. The van der Waals surface area contributed by atoms with Crippen molar-refractivity contribution in [3.05, 3.63) is 17.5 Å². The van der Waals surface area contributed by atoms with E-state index in [0.717, 1.165) is 5.69 Å². The van der Waals surface area contributed by atoms with Gasteiger partial charge in [-0.1, -0.05) is 34.6 Å². The van der Waals surface area contributed by atoms with E-state index in [2.05, 4.69) is 45.8 Å². The monoisotopic (exact) mass is 224 g/mol. The van der Waals surface area contributed by atoms with Gasteiger partial charge in [0.2, 0.25) is 0 Å². The fourth-order valence-corrected chi connectivity index (χ4v) is 1.71. The zero-order chi connectivity index (χ0) is 12.5. The van der Waals surface area contributed by atoms with Gasteiger partial charge in [-0.2, -0.15) is 5.10 Å². The van der Waals surface area contributed by atoms with Crippen LogP contribution in [0.5, 0.6) is 0 Å². The number of aromatic nitrogens is 2. The Labute approximate surface area is 98.5 Å². The maximum Gasteiger partial charge on any atom is 0.0708 e. The molecular formula is C13H24N2O.